The van der Waals surface area contributed by atoms with Crippen molar-refractivity contribution in [1.29, 1.82) is 0 Å². The van der Waals surface area contributed by atoms with Gasteiger partial charge in [0, 0.05) is 0 Å². The molecule has 0 atom stereocenters. The smallest absolute Gasteiger partial charge is 0.232 e. The molecule has 0 fully saturated rings. The fraction of sp³-hybridized carbons (Fsp3) is 0.353. The first-order chi connectivity index (χ1) is 9.25. The van der Waals surface area contributed by atoms with Gasteiger partial charge < -0.3 is 0 Å². The largest absolute Gasteiger partial charge is 0.248 e. The van der Waals surface area contributed by atoms with Crippen LogP contribution in [0.1, 0.15) is 37.0 Å². The molecule has 100 valence electrons. The van der Waals surface area contributed by atoms with E-state index in [4.69, 9.17) is 0 Å². The van der Waals surface area contributed by atoms with E-state index < -0.39 is 0 Å². The first-order valence-corrected chi connectivity index (χ1v) is 7.06. The van der Waals surface area contributed by atoms with E-state index >= 15 is 0 Å². The molecule has 0 amide bonds. The zero-order chi connectivity index (χ0) is 13.7. The van der Waals surface area contributed by atoms with E-state index in [1.54, 1.807) is 0 Å². The normalized spacial score (nSPS) is 10.6. The monoisotopic (exact) mass is 255 g/mol. The highest BCUT2D eigenvalue weighted by Crippen LogP contribution is 2.14. The molecular weight excluding hydrogens is 232 g/mol. The molecule has 0 spiro atoms. The van der Waals surface area contributed by atoms with Gasteiger partial charge in [-0.3, -0.25) is 0 Å². The molecule has 2 rings (SSSR count). The van der Waals surface area contributed by atoms with Gasteiger partial charge in [0.15, 0.2) is 0 Å². The van der Waals surface area contributed by atoms with Gasteiger partial charge in [0.2, 0.25) is 6.33 Å². The molecule has 2 heteroatoms. The molecule has 1 heterocycles. The molecule has 0 radical (unpaired) electrons. The van der Waals surface area contributed by atoms with Gasteiger partial charge in [0.1, 0.15) is 18.9 Å². The average molecular weight is 255 g/mol. The Morgan fingerprint density at radius 1 is 1.16 bits per heavy atom. The summed E-state index contributed by atoms with van der Waals surface area (Å²) < 4.78 is 4.16. The van der Waals surface area contributed by atoms with Gasteiger partial charge in [-0.2, -0.15) is 0 Å². The van der Waals surface area contributed by atoms with Gasteiger partial charge in [0.05, 0.1) is 6.20 Å². The summed E-state index contributed by atoms with van der Waals surface area (Å²) in [5.74, 6) is 0. The molecule has 2 aromatic rings. The Labute approximate surface area is 116 Å². The van der Waals surface area contributed by atoms with Crippen LogP contribution >= 0.6 is 0 Å². The molecular formula is C17H23N2+. The fourth-order valence-corrected chi connectivity index (χ4v) is 2.39. The first kappa shape index (κ1) is 13.6. The van der Waals surface area contributed by atoms with Crippen LogP contribution in [0.5, 0.6) is 0 Å². The third-order valence-electron chi connectivity index (χ3n) is 3.35. The fourth-order valence-electron chi connectivity index (χ4n) is 2.39. The molecule has 0 unspecified atom stereocenters. The zero-order valence-corrected chi connectivity index (χ0v) is 12.0. The zero-order valence-electron chi connectivity index (χ0n) is 12.0. The van der Waals surface area contributed by atoms with Gasteiger partial charge in [-0.05, 0) is 29.5 Å². The maximum absolute atomic E-state index is 3.77. The molecule has 2 nitrogen and oxygen atoms in total. The lowest BCUT2D eigenvalue weighted by Gasteiger charge is -2.07. The van der Waals surface area contributed by atoms with Gasteiger partial charge in [-0.1, -0.05) is 45.0 Å². The second kappa shape index (κ2) is 6.37. The van der Waals surface area contributed by atoms with Crippen LogP contribution in [0.3, 0.4) is 0 Å². The SMILES string of the molecule is C=C[n+]1ccn(Cc2cc(CC)cc(CCC)c2)c1. The third-order valence-corrected chi connectivity index (χ3v) is 3.35. The van der Waals surface area contributed by atoms with Crippen molar-refractivity contribution in [2.24, 2.45) is 0 Å². The second-order valence-electron chi connectivity index (χ2n) is 4.98. The quantitative estimate of drug-likeness (QED) is 0.699. The Kier molecular flexibility index (Phi) is 4.56. The summed E-state index contributed by atoms with van der Waals surface area (Å²) in [4.78, 5) is 0. The van der Waals surface area contributed by atoms with E-state index in [-0.39, 0.29) is 0 Å². The van der Waals surface area contributed by atoms with Crippen LogP contribution in [-0.4, -0.2) is 4.57 Å². The lowest BCUT2D eigenvalue weighted by molar-refractivity contribution is -0.567. The molecule has 1 aromatic carbocycles. The maximum Gasteiger partial charge on any atom is 0.248 e. The van der Waals surface area contributed by atoms with Crippen LogP contribution < -0.4 is 4.57 Å². The van der Waals surface area contributed by atoms with Crippen molar-refractivity contribution in [2.45, 2.75) is 39.7 Å². The minimum Gasteiger partial charge on any atom is -0.232 e. The van der Waals surface area contributed by atoms with Crippen molar-refractivity contribution >= 4 is 6.20 Å². The Bertz CT molecular complexity index is 552. The Morgan fingerprint density at radius 2 is 1.89 bits per heavy atom. The van der Waals surface area contributed by atoms with Gasteiger partial charge in [-0.15, -0.1) is 0 Å². The van der Waals surface area contributed by atoms with E-state index in [9.17, 15) is 0 Å². The lowest BCUT2D eigenvalue weighted by Crippen LogP contribution is -2.21. The highest BCUT2D eigenvalue weighted by atomic mass is 15.1. The number of aryl methyl sites for hydroxylation is 2. The summed E-state index contributed by atoms with van der Waals surface area (Å²) in [7, 11) is 0. The molecule has 19 heavy (non-hydrogen) atoms. The summed E-state index contributed by atoms with van der Waals surface area (Å²) >= 11 is 0. The minimum absolute atomic E-state index is 0.922. The van der Waals surface area contributed by atoms with Gasteiger partial charge >= 0.3 is 0 Å². The number of benzene rings is 1. The Morgan fingerprint density at radius 3 is 2.53 bits per heavy atom. The number of hydrogen-bond donors (Lipinski definition) is 0. The Balaban J connectivity index is 2.22. The summed E-state index contributed by atoms with van der Waals surface area (Å²) in [6.07, 6.45) is 11.4. The predicted octanol–water partition coefficient (Wildman–Crippen LogP) is 3.44. The second-order valence-corrected chi connectivity index (χ2v) is 4.98. The summed E-state index contributed by atoms with van der Waals surface area (Å²) in [5, 5.41) is 0. The molecule has 0 N–H and O–H groups in total. The highest BCUT2D eigenvalue weighted by molar-refractivity contribution is 5.30. The first-order valence-electron chi connectivity index (χ1n) is 7.06. The number of hydrogen-bond acceptors (Lipinski definition) is 0. The lowest BCUT2D eigenvalue weighted by atomic mass is 10.0. The van der Waals surface area contributed by atoms with E-state index in [0.717, 1.165) is 13.0 Å². The van der Waals surface area contributed by atoms with Crippen molar-refractivity contribution in [2.75, 3.05) is 0 Å². The topological polar surface area (TPSA) is 8.81 Å². The standard InChI is InChI=1S/C17H23N2/c1-4-7-16-10-15(5-2)11-17(12-16)13-19-9-8-18(6-3)14-19/h6,8-12,14H,3-5,7,13H2,1-2H3/q+1. The number of rotatable bonds is 6. The molecule has 0 aliphatic rings. The van der Waals surface area contributed by atoms with Crippen LogP contribution in [0.4, 0.5) is 0 Å². The van der Waals surface area contributed by atoms with Crippen LogP contribution in [0.25, 0.3) is 6.20 Å². The minimum atomic E-state index is 0.922. The van der Waals surface area contributed by atoms with Crippen LogP contribution in [-0.2, 0) is 19.4 Å². The summed E-state index contributed by atoms with van der Waals surface area (Å²) in [5.41, 5.74) is 4.28. The van der Waals surface area contributed by atoms with Crippen LogP contribution in [0, 0.1) is 0 Å². The van der Waals surface area contributed by atoms with E-state index in [0.29, 0.717) is 0 Å². The van der Waals surface area contributed by atoms with E-state index in [1.807, 2.05) is 17.0 Å². The highest BCUT2D eigenvalue weighted by Gasteiger charge is 2.05. The molecule has 0 saturated carbocycles. The predicted molar refractivity (Wildman–Crippen MR) is 79.9 cm³/mol. The van der Waals surface area contributed by atoms with Crippen molar-refractivity contribution in [3.63, 3.8) is 0 Å². The van der Waals surface area contributed by atoms with Crippen LogP contribution in [0.2, 0.25) is 0 Å². The molecule has 1 aromatic heterocycles. The average Bonchev–Trinajstić information content (AvgIpc) is 2.86. The number of aromatic nitrogens is 2. The maximum atomic E-state index is 3.77. The van der Waals surface area contributed by atoms with E-state index in [2.05, 4.69) is 55.7 Å². The molecule has 0 bridgehead atoms. The molecule has 0 saturated heterocycles. The van der Waals surface area contributed by atoms with E-state index in [1.165, 1.54) is 29.5 Å². The third kappa shape index (κ3) is 3.57. The van der Waals surface area contributed by atoms with Crippen molar-refractivity contribution in [3.8, 4) is 0 Å². The van der Waals surface area contributed by atoms with Crippen molar-refractivity contribution in [3.05, 3.63) is 60.2 Å². The van der Waals surface area contributed by atoms with Crippen LogP contribution in [0.15, 0.2) is 43.5 Å². The Hall–Kier alpha value is -1.83. The summed E-state index contributed by atoms with van der Waals surface area (Å²) in [6.45, 7) is 9.14. The van der Waals surface area contributed by atoms with Gasteiger partial charge in [0.25, 0.3) is 0 Å². The summed E-state index contributed by atoms with van der Waals surface area (Å²) in [6, 6.07) is 6.99. The molecule has 0 aliphatic carbocycles. The number of imidazole rings is 1. The van der Waals surface area contributed by atoms with Crippen molar-refractivity contribution in [1.82, 2.24) is 4.57 Å². The number of nitrogens with zero attached hydrogens (tertiary/aromatic N) is 2. The van der Waals surface area contributed by atoms with Gasteiger partial charge in [-0.25, -0.2) is 9.13 Å². The van der Waals surface area contributed by atoms with Crippen molar-refractivity contribution < 1.29 is 4.57 Å². The molecule has 0 aliphatic heterocycles.